The van der Waals surface area contributed by atoms with Gasteiger partial charge in [0.1, 0.15) is 0 Å². The molecule has 1 atom stereocenters. The predicted molar refractivity (Wildman–Crippen MR) is 51.7 cm³/mol. The van der Waals surface area contributed by atoms with Gasteiger partial charge in [0.05, 0.1) is 0 Å². The third-order valence-corrected chi connectivity index (χ3v) is 1.70. The molecule has 0 heterocycles. The molecule has 3 nitrogen and oxygen atoms in total. The number of rotatable bonds is 7. The van der Waals surface area contributed by atoms with Crippen molar-refractivity contribution in [3.63, 3.8) is 0 Å². The van der Waals surface area contributed by atoms with E-state index in [1.165, 1.54) is 0 Å². The normalized spacial score (nSPS) is 12.9. The van der Waals surface area contributed by atoms with E-state index in [2.05, 4.69) is 18.9 Å². The lowest BCUT2D eigenvalue weighted by atomic mass is 10.1. The fourth-order valence-electron chi connectivity index (χ4n) is 0.920. The van der Waals surface area contributed by atoms with Crippen LogP contribution >= 0.6 is 0 Å². The number of nitrogens with two attached hydrogens (primary N) is 1. The summed E-state index contributed by atoms with van der Waals surface area (Å²) in [4.78, 5) is 0. The summed E-state index contributed by atoms with van der Waals surface area (Å²) in [7, 11) is 0. The van der Waals surface area contributed by atoms with E-state index in [0.29, 0.717) is 0 Å². The Morgan fingerprint density at radius 2 is 2.25 bits per heavy atom. The van der Waals surface area contributed by atoms with E-state index in [0.717, 1.165) is 31.6 Å². The third-order valence-electron chi connectivity index (χ3n) is 1.70. The average molecular weight is 172 g/mol. The topological polar surface area (TPSA) is 47.3 Å². The van der Waals surface area contributed by atoms with Crippen LogP contribution in [0.1, 0.15) is 26.7 Å². The van der Waals surface area contributed by atoms with Gasteiger partial charge in [-0.05, 0) is 19.8 Å². The molecular weight excluding hydrogens is 152 g/mol. The third kappa shape index (κ3) is 5.29. The zero-order valence-corrected chi connectivity index (χ0v) is 8.10. The second-order valence-corrected chi connectivity index (χ2v) is 2.97. The van der Waals surface area contributed by atoms with E-state index < -0.39 is 0 Å². The second kappa shape index (κ2) is 7.28. The van der Waals surface area contributed by atoms with Gasteiger partial charge in [-0.3, -0.25) is 11.3 Å². The SMILES string of the molecule is C=C(C)C(CCOCCC)NN. The van der Waals surface area contributed by atoms with Crippen molar-refractivity contribution >= 4 is 0 Å². The maximum absolute atomic E-state index is 5.33. The fraction of sp³-hybridized carbons (Fsp3) is 0.778. The standard InChI is InChI=1S/C9H20N2O/c1-4-6-12-7-5-9(11-10)8(2)3/h9,11H,2,4-7,10H2,1,3H3. The Balaban J connectivity index is 3.38. The summed E-state index contributed by atoms with van der Waals surface area (Å²) in [6, 6.07) is 0.182. The molecule has 0 spiro atoms. The lowest BCUT2D eigenvalue weighted by molar-refractivity contribution is 0.127. The highest BCUT2D eigenvalue weighted by Crippen LogP contribution is 2.01. The van der Waals surface area contributed by atoms with Crippen molar-refractivity contribution in [2.75, 3.05) is 13.2 Å². The molecule has 0 bridgehead atoms. The minimum absolute atomic E-state index is 0.182. The van der Waals surface area contributed by atoms with Gasteiger partial charge in [0.15, 0.2) is 0 Å². The molecule has 3 heteroatoms. The molecule has 1 unspecified atom stereocenters. The molecule has 0 saturated heterocycles. The maximum Gasteiger partial charge on any atom is 0.0484 e. The van der Waals surface area contributed by atoms with Crippen LogP contribution in [0.15, 0.2) is 12.2 Å². The largest absolute Gasteiger partial charge is 0.381 e. The smallest absolute Gasteiger partial charge is 0.0484 e. The molecule has 0 rings (SSSR count). The van der Waals surface area contributed by atoms with Crippen LogP contribution in [-0.4, -0.2) is 19.3 Å². The predicted octanol–water partition coefficient (Wildman–Crippen LogP) is 1.21. The molecule has 3 N–H and O–H groups in total. The number of hydrazine groups is 1. The molecule has 0 fully saturated rings. The molecule has 0 aliphatic rings. The van der Waals surface area contributed by atoms with Gasteiger partial charge in [0.2, 0.25) is 0 Å². The van der Waals surface area contributed by atoms with Crippen LogP contribution in [0, 0.1) is 0 Å². The lowest BCUT2D eigenvalue weighted by Gasteiger charge is -2.15. The van der Waals surface area contributed by atoms with Crippen LogP contribution in [0.2, 0.25) is 0 Å². The molecule has 12 heavy (non-hydrogen) atoms. The molecule has 0 aromatic rings. The Morgan fingerprint density at radius 1 is 1.58 bits per heavy atom. The van der Waals surface area contributed by atoms with E-state index in [4.69, 9.17) is 10.6 Å². The first kappa shape index (κ1) is 11.6. The molecule has 0 radical (unpaired) electrons. The Bertz CT molecular complexity index is 126. The molecule has 0 amide bonds. The minimum Gasteiger partial charge on any atom is -0.381 e. The second-order valence-electron chi connectivity index (χ2n) is 2.97. The van der Waals surface area contributed by atoms with Gasteiger partial charge < -0.3 is 4.74 Å². The van der Waals surface area contributed by atoms with Gasteiger partial charge in [-0.1, -0.05) is 19.1 Å². The summed E-state index contributed by atoms with van der Waals surface area (Å²) in [5.74, 6) is 5.32. The van der Waals surface area contributed by atoms with Gasteiger partial charge in [-0.25, -0.2) is 0 Å². The summed E-state index contributed by atoms with van der Waals surface area (Å²) in [5.41, 5.74) is 3.75. The van der Waals surface area contributed by atoms with Crippen LogP contribution in [0.3, 0.4) is 0 Å². The first-order chi connectivity index (χ1) is 5.72. The Kier molecular flexibility index (Phi) is 7.05. The van der Waals surface area contributed by atoms with Gasteiger partial charge in [-0.2, -0.15) is 0 Å². The monoisotopic (exact) mass is 172 g/mol. The summed E-state index contributed by atoms with van der Waals surface area (Å²) < 4.78 is 5.33. The first-order valence-electron chi connectivity index (χ1n) is 4.41. The van der Waals surface area contributed by atoms with Crippen molar-refractivity contribution in [1.82, 2.24) is 5.43 Å². The van der Waals surface area contributed by atoms with E-state index in [1.807, 2.05) is 6.92 Å². The van der Waals surface area contributed by atoms with Crippen molar-refractivity contribution < 1.29 is 4.74 Å². The van der Waals surface area contributed by atoms with Crippen molar-refractivity contribution in [2.24, 2.45) is 5.84 Å². The van der Waals surface area contributed by atoms with Crippen molar-refractivity contribution in [3.05, 3.63) is 12.2 Å². The summed E-state index contributed by atoms with van der Waals surface area (Å²) >= 11 is 0. The van der Waals surface area contributed by atoms with Crippen LogP contribution in [0.5, 0.6) is 0 Å². The van der Waals surface area contributed by atoms with E-state index in [1.54, 1.807) is 0 Å². The lowest BCUT2D eigenvalue weighted by Crippen LogP contribution is -2.36. The zero-order valence-electron chi connectivity index (χ0n) is 8.10. The maximum atomic E-state index is 5.33. The number of hydrogen-bond donors (Lipinski definition) is 2. The molecular formula is C9H20N2O. The van der Waals surface area contributed by atoms with Crippen LogP contribution < -0.4 is 11.3 Å². The van der Waals surface area contributed by atoms with Gasteiger partial charge >= 0.3 is 0 Å². The van der Waals surface area contributed by atoms with E-state index in [9.17, 15) is 0 Å². The fourth-order valence-corrected chi connectivity index (χ4v) is 0.920. The average Bonchev–Trinajstić information content (AvgIpc) is 2.04. The van der Waals surface area contributed by atoms with Gasteiger partial charge in [0, 0.05) is 19.3 Å². The van der Waals surface area contributed by atoms with Gasteiger partial charge in [-0.15, -0.1) is 0 Å². The molecule has 0 aromatic carbocycles. The quantitative estimate of drug-likeness (QED) is 0.263. The van der Waals surface area contributed by atoms with Crippen molar-refractivity contribution in [2.45, 2.75) is 32.7 Å². The Labute approximate surface area is 74.9 Å². The first-order valence-corrected chi connectivity index (χ1v) is 4.41. The highest BCUT2D eigenvalue weighted by molar-refractivity contribution is 5.00. The number of ether oxygens (including phenoxy) is 1. The molecule has 0 saturated carbocycles. The van der Waals surface area contributed by atoms with Crippen LogP contribution in [0.25, 0.3) is 0 Å². The highest BCUT2D eigenvalue weighted by Gasteiger charge is 2.05. The zero-order chi connectivity index (χ0) is 9.40. The highest BCUT2D eigenvalue weighted by atomic mass is 16.5. The Morgan fingerprint density at radius 3 is 2.67 bits per heavy atom. The minimum atomic E-state index is 0.182. The number of nitrogens with one attached hydrogen (secondary N) is 1. The van der Waals surface area contributed by atoms with Crippen molar-refractivity contribution in [3.8, 4) is 0 Å². The molecule has 0 aliphatic heterocycles. The Hall–Kier alpha value is -0.380. The molecule has 72 valence electrons. The number of hydrogen-bond acceptors (Lipinski definition) is 3. The van der Waals surface area contributed by atoms with Gasteiger partial charge in [0.25, 0.3) is 0 Å². The van der Waals surface area contributed by atoms with Crippen LogP contribution in [-0.2, 0) is 4.74 Å². The van der Waals surface area contributed by atoms with Crippen molar-refractivity contribution in [1.29, 1.82) is 0 Å². The van der Waals surface area contributed by atoms with E-state index in [-0.39, 0.29) is 6.04 Å². The van der Waals surface area contributed by atoms with E-state index >= 15 is 0 Å². The summed E-state index contributed by atoms with van der Waals surface area (Å²) in [6.45, 7) is 9.46. The molecule has 0 aromatic heterocycles. The summed E-state index contributed by atoms with van der Waals surface area (Å²) in [6.07, 6.45) is 1.96. The van der Waals surface area contributed by atoms with Crippen LogP contribution in [0.4, 0.5) is 0 Å². The molecule has 0 aliphatic carbocycles. The summed E-state index contributed by atoms with van der Waals surface area (Å²) in [5, 5.41) is 0.